The van der Waals surface area contributed by atoms with E-state index in [0.717, 1.165) is 0 Å². The fraction of sp³-hybridized carbons (Fsp3) is 0.150. The highest BCUT2D eigenvalue weighted by atomic mass is 16.5. The van der Waals surface area contributed by atoms with Gasteiger partial charge in [-0.05, 0) is 12.1 Å². The van der Waals surface area contributed by atoms with Crippen LogP contribution in [0, 0.1) is 0 Å². The van der Waals surface area contributed by atoms with Crippen LogP contribution in [0.4, 0.5) is 0 Å². The minimum absolute atomic E-state index is 0.254. The number of fused-ring (bicyclic) bond motifs is 1. The summed E-state index contributed by atoms with van der Waals surface area (Å²) in [5.74, 6) is -1.32. The zero-order valence-electron chi connectivity index (χ0n) is 14.3. The second-order valence-electron chi connectivity index (χ2n) is 5.91. The summed E-state index contributed by atoms with van der Waals surface area (Å²) in [6.45, 7) is 0. The molecule has 0 aliphatic rings. The summed E-state index contributed by atoms with van der Waals surface area (Å²) in [5.41, 5.74) is -0.170. The summed E-state index contributed by atoms with van der Waals surface area (Å²) in [6, 6.07) is 16.9. The summed E-state index contributed by atoms with van der Waals surface area (Å²) in [6.07, 6.45) is -1.15. The molecule has 6 heteroatoms. The van der Waals surface area contributed by atoms with Gasteiger partial charge in [-0.15, -0.1) is 0 Å². The monoisotopic (exact) mass is 351 g/mol. The van der Waals surface area contributed by atoms with E-state index in [1.165, 1.54) is 11.0 Å². The third-order valence-electron chi connectivity index (χ3n) is 3.85. The highest BCUT2D eigenvalue weighted by Gasteiger charge is 2.28. The third kappa shape index (κ3) is 3.49. The molecule has 0 bridgehead atoms. The number of amides is 1. The highest BCUT2D eigenvalue weighted by molar-refractivity contribution is 5.95. The van der Waals surface area contributed by atoms with Crippen LogP contribution in [-0.2, 0) is 9.53 Å². The number of esters is 1. The van der Waals surface area contributed by atoms with E-state index in [4.69, 9.17) is 9.15 Å². The summed E-state index contributed by atoms with van der Waals surface area (Å²) < 4.78 is 10.5. The molecule has 0 aliphatic carbocycles. The van der Waals surface area contributed by atoms with E-state index < -0.39 is 23.6 Å². The maximum absolute atomic E-state index is 12.6. The molecule has 1 atom stereocenters. The Kier molecular flexibility index (Phi) is 4.84. The Morgan fingerprint density at radius 2 is 1.65 bits per heavy atom. The topological polar surface area (TPSA) is 76.8 Å². The smallest absolute Gasteiger partial charge is 0.351 e. The van der Waals surface area contributed by atoms with E-state index in [9.17, 15) is 14.4 Å². The summed E-state index contributed by atoms with van der Waals surface area (Å²) >= 11 is 0. The summed E-state index contributed by atoms with van der Waals surface area (Å²) in [5, 5.41) is 0.592. The zero-order valence-corrected chi connectivity index (χ0v) is 14.3. The maximum atomic E-state index is 12.6. The molecular formula is C20H17NO5. The van der Waals surface area contributed by atoms with Crippen molar-refractivity contribution in [2.75, 3.05) is 14.1 Å². The van der Waals surface area contributed by atoms with Gasteiger partial charge in [-0.2, -0.15) is 0 Å². The minimum Gasteiger partial charge on any atom is -0.443 e. The molecule has 0 N–H and O–H groups in total. The largest absolute Gasteiger partial charge is 0.443 e. The molecule has 2 aromatic carbocycles. The lowest BCUT2D eigenvalue weighted by Gasteiger charge is -2.21. The molecule has 1 aromatic heterocycles. The number of rotatable bonds is 4. The molecule has 6 nitrogen and oxygen atoms in total. The molecule has 132 valence electrons. The molecular weight excluding hydrogens is 334 g/mol. The van der Waals surface area contributed by atoms with Gasteiger partial charge < -0.3 is 14.1 Å². The van der Waals surface area contributed by atoms with E-state index in [1.807, 2.05) is 0 Å². The van der Waals surface area contributed by atoms with Crippen molar-refractivity contribution in [3.05, 3.63) is 82.2 Å². The van der Waals surface area contributed by atoms with Gasteiger partial charge in [0.2, 0.25) is 6.10 Å². The zero-order chi connectivity index (χ0) is 18.7. The number of para-hydroxylation sites is 1. The predicted octanol–water partition coefficient (Wildman–Crippen LogP) is 2.78. The molecule has 3 aromatic rings. The number of hydrogen-bond acceptors (Lipinski definition) is 5. The molecule has 0 radical (unpaired) electrons. The molecule has 1 amide bonds. The first-order valence-corrected chi connectivity index (χ1v) is 7.97. The van der Waals surface area contributed by atoms with Crippen LogP contribution in [0.1, 0.15) is 22.0 Å². The van der Waals surface area contributed by atoms with Crippen LogP contribution in [0.5, 0.6) is 0 Å². The maximum Gasteiger partial charge on any atom is 0.351 e. The molecule has 0 spiro atoms. The van der Waals surface area contributed by atoms with Crippen molar-refractivity contribution in [1.29, 1.82) is 0 Å². The fourth-order valence-electron chi connectivity index (χ4n) is 2.50. The number of carbonyl (C=O) groups is 2. The van der Waals surface area contributed by atoms with Gasteiger partial charge >= 0.3 is 11.6 Å². The van der Waals surface area contributed by atoms with Crippen LogP contribution in [-0.4, -0.2) is 30.9 Å². The van der Waals surface area contributed by atoms with Crippen LogP contribution in [0.3, 0.4) is 0 Å². The van der Waals surface area contributed by atoms with E-state index >= 15 is 0 Å². The third-order valence-corrected chi connectivity index (χ3v) is 3.85. The highest BCUT2D eigenvalue weighted by Crippen LogP contribution is 2.21. The van der Waals surface area contributed by atoms with Gasteiger partial charge in [0, 0.05) is 25.0 Å². The second kappa shape index (κ2) is 7.23. The van der Waals surface area contributed by atoms with Crippen molar-refractivity contribution in [2.45, 2.75) is 6.10 Å². The molecule has 0 saturated carbocycles. The van der Waals surface area contributed by atoms with Gasteiger partial charge in [0.15, 0.2) is 0 Å². The van der Waals surface area contributed by atoms with E-state index in [0.29, 0.717) is 16.5 Å². The standard InChI is InChI=1S/C20H17NO5/c1-21(2)18(22)17(13-8-4-3-5-9-13)26-20(24)15-12-14-10-6-7-11-16(14)25-19(15)23/h3-12,17H,1-2H3/t17-/m1/s1. The second-order valence-corrected chi connectivity index (χ2v) is 5.91. The van der Waals surface area contributed by atoms with Crippen molar-refractivity contribution in [2.24, 2.45) is 0 Å². The number of likely N-dealkylation sites (N-methyl/N-ethyl adjacent to an activating group) is 1. The molecule has 0 fully saturated rings. The summed E-state index contributed by atoms with van der Waals surface area (Å²) in [7, 11) is 3.13. The molecule has 0 saturated heterocycles. The summed E-state index contributed by atoms with van der Waals surface area (Å²) in [4.78, 5) is 38.5. The molecule has 0 aliphatic heterocycles. The quantitative estimate of drug-likeness (QED) is 0.534. The minimum atomic E-state index is -1.15. The fourth-order valence-corrected chi connectivity index (χ4v) is 2.50. The molecule has 26 heavy (non-hydrogen) atoms. The van der Waals surface area contributed by atoms with Gasteiger partial charge in [0.05, 0.1) is 0 Å². The van der Waals surface area contributed by atoms with Crippen LogP contribution in [0.15, 0.2) is 69.9 Å². The number of carbonyl (C=O) groups excluding carboxylic acids is 2. The normalized spacial score (nSPS) is 11.8. The molecule has 1 heterocycles. The Morgan fingerprint density at radius 3 is 2.35 bits per heavy atom. The van der Waals surface area contributed by atoms with E-state index in [1.54, 1.807) is 68.7 Å². The van der Waals surface area contributed by atoms with Crippen LogP contribution in [0.2, 0.25) is 0 Å². The number of benzene rings is 2. The first kappa shape index (κ1) is 17.4. The van der Waals surface area contributed by atoms with E-state index in [2.05, 4.69) is 0 Å². The van der Waals surface area contributed by atoms with Gasteiger partial charge in [-0.25, -0.2) is 9.59 Å². The number of hydrogen-bond donors (Lipinski definition) is 0. The predicted molar refractivity (Wildman–Crippen MR) is 95.8 cm³/mol. The molecule has 3 rings (SSSR count). The average Bonchev–Trinajstić information content (AvgIpc) is 2.65. The van der Waals surface area contributed by atoms with Gasteiger partial charge in [0.25, 0.3) is 5.91 Å². The van der Waals surface area contributed by atoms with Crippen molar-refractivity contribution >= 4 is 22.8 Å². The van der Waals surface area contributed by atoms with Crippen molar-refractivity contribution < 1.29 is 18.7 Å². The Bertz CT molecular complexity index is 1010. The van der Waals surface area contributed by atoms with Crippen LogP contribution >= 0.6 is 0 Å². The lowest BCUT2D eigenvalue weighted by molar-refractivity contribution is -0.138. The van der Waals surface area contributed by atoms with E-state index in [-0.39, 0.29) is 5.56 Å². The molecule has 0 unspecified atom stereocenters. The first-order chi connectivity index (χ1) is 12.5. The Morgan fingerprint density at radius 1 is 1.00 bits per heavy atom. The van der Waals surface area contributed by atoms with Gasteiger partial charge in [-0.3, -0.25) is 4.79 Å². The Hall–Kier alpha value is -3.41. The van der Waals surface area contributed by atoms with Crippen molar-refractivity contribution in [3.8, 4) is 0 Å². The Labute approximate surface area is 149 Å². The van der Waals surface area contributed by atoms with Gasteiger partial charge in [-0.1, -0.05) is 48.5 Å². The van der Waals surface area contributed by atoms with Crippen molar-refractivity contribution in [3.63, 3.8) is 0 Å². The van der Waals surface area contributed by atoms with Crippen LogP contribution in [0.25, 0.3) is 11.0 Å². The lowest BCUT2D eigenvalue weighted by Crippen LogP contribution is -2.32. The average molecular weight is 351 g/mol. The van der Waals surface area contributed by atoms with Crippen molar-refractivity contribution in [1.82, 2.24) is 4.90 Å². The SMILES string of the molecule is CN(C)C(=O)[C@H](OC(=O)c1cc2ccccc2oc1=O)c1ccccc1. The lowest BCUT2D eigenvalue weighted by atomic mass is 10.1. The first-order valence-electron chi connectivity index (χ1n) is 7.97. The van der Waals surface area contributed by atoms with Gasteiger partial charge in [0.1, 0.15) is 11.1 Å². The number of ether oxygens (including phenoxy) is 1. The Balaban J connectivity index is 1.97. The van der Waals surface area contributed by atoms with Crippen LogP contribution < -0.4 is 5.63 Å². The number of nitrogens with zero attached hydrogens (tertiary/aromatic N) is 1.